The summed E-state index contributed by atoms with van der Waals surface area (Å²) in [5.41, 5.74) is 5.16. The van der Waals surface area contributed by atoms with E-state index in [1.807, 2.05) is 53.4 Å². The molecular weight excluding hydrogens is 426 g/mol. The average Bonchev–Trinajstić information content (AvgIpc) is 3.41. The van der Waals surface area contributed by atoms with Gasteiger partial charge >= 0.3 is 0 Å². The number of carbonyl (C=O) groups excluding carboxylic acids is 1. The van der Waals surface area contributed by atoms with E-state index in [2.05, 4.69) is 36.6 Å². The Labute approximate surface area is 199 Å². The quantitative estimate of drug-likeness (QED) is 0.381. The Bertz CT molecular complexity index is 1310. The molecule has 3 aromatic carbocycles. The number of rotatable bonds is 7. The number of ether oxygens (including phenoxy) is 2. The van der Waals surface area contributed by atoms with Crippen molar-refractivity contribution in [1.29, 1.82) is 0 Å². The van der Waals surface area contributed by atoms with Crippen molar-refractivity contribution < 1.29 is 14.3 Å². The van der Waals surface area contributed by atoms with Gasteiger partial charge in [-0.2, -0.15) is 0 Å². The Hall–Kier alpha value is -3.80. The fourth-order valence-corrected chi connectivity index (χ4v) is 4.80. The molecule has 174 valence electrons. The Morgan fingerprint density at radius 3 is 2.44 bits per heavy atom. The molecule has 6 nitrogen and oxygen atoms in total. The van der Waals surface area contributed by atoms with Gasteiger partial charge in [0.1, 0.15) is 23.9 Å². The highest BCUT2D eigenvalue weighted by molar-refractivity contribution is 5.96. The third kappa shape index (κ3) is 4.12. The van der Waals surface area contributed by atoms with Gasteiger partial charge in [-0.3, -0.25) is 4.79 Å². The number of imidazole rings is 1. The number of aromatic nitrogens is 2. The highest BCUT2D eigenvalue weighted by Gasteiger charge is 2.34. The first-order valence-corrected chi connectivity index (χ1v) is 11.6. The standard InChI is InChI=1S/C28H29N3O3/c1-19-7-6-8-20(2)27(19)34-16-15-30-25-10-5-4-9-24(25)29-28(30)21-17-26(32)31(18-21)22-11-13-23(33-3)14-12-22/h4-14,21H,15-18H2,1-3H3. The number of hydrogen-bond donors (Lipinski definition) is 0. The number of anilines is 1. The second-order valence-electron chi connectivity index (χ2n) is 8.78. The van der Waals surface area contributed by atoms with Gasteiger partial charge in [0.2, 0.25) is 5.91 Å². The lowest BCUT2D eigenvalue weighted by Gasteiger charge is -2.18. The van der Waals surface area contributed by atoms with E-state index in [0.29, 0.717) is 26.1 Å². The molecule has 1 saturated heterocycles. The summed E-state index contributed by atoms with van der Waals surface area (Å²) in [5.74, 6) is 2.78. The minimum atomic E-state index is 0.0159. The zero-order chi connectivity index (χ0) is 23.7. The molecular formula is C28H29N3O3. The Morgan fingerprint density at radius 2 is 1.71 bits per heavy atom. The van der Waals surface area contributed by atoms with E-state index in [1.165, 1.54) is 0 Å². The van der Waals surface area contributed by atoms with Crippen molar-refractivity contribution in [3.05, 3.63) is 83.7 Å². The van der Waals surface area contributed by atoms with E-state index in [4.69, 9.17) is 14.5 Å². The summed E-state index contributed by atoms with van der Waals surface area (Å²) in [5, 5.41) is 0. The van der Waals surface area contributed by atoms with Gasteiger partial charge in [-0.05, 0) is 61.4 Å². The van der Waals surface area contributed by atoms with Crippen LogP contribution in [0.1, 0.15) is 29.3 Å². The zero-order valence-electron chi connectivity index (χ0n) is 19.8. The molecule has 1 aliphatic heterocycles. The highest BCUT2D eigenvalue weighted by Crippen LogP contribution is 2.34. The van der Waals surface area contributed by atoms with E-state index >= 15 is 0 Å². The summed E-state index contributed by atoms with van der Waals surface area (Å²) in [4.78, 5) is 19.7. The van der Waals surface area contributed by atoms with E-state index < -0.39 is 0 Å². The minimum Gasteiger partial charge on any atom is -0.497 e. The highest BCUT2D eigenvalue weighted by atomic mass is 16.5. The maximum absolute atomic E-state index is 12.9. The van der Waals surface area contributed by atoms with Crippen molar-refractivity contribution in [3.8, 4) is 11.5 Å². The molecule has 2 heterocycles. The smallest absolute Gasteiger partial charge is 0.227 e. The molecule has 0 spiro atoms. The van der Waals surface area contributed by atoms with Crippen LogP contribution in [0.2, 0.25) is 0 Å². The van der Waals surface area contributed by atoms with Crippen LogP contribution >= 0.6 is 0 Å². The predicted molar refractivity (Wildman–Crippen MR) is 134 cm³/mol. The molecule has 5 rings (SSSR count). The molecule has 1 aromatic heterocycles. The summed E-state index contributed by atoms with van der Waals surface area (Å²) in [6.45, 7) is 5.93. The average molecular weight is 456 g/mol. The summed E-state index contributed by atoms with van der Waals surface area (Å²) >= 11 is 0. The summed E-state index contributed by atoms with van der Waals surface area (Å²) in [6, 6.07) is 22.0. The zero-order valence-corrected chi connectivity index (χ0v) is 19.8. The van der Waals surface area contributed by atoms with Crippen LogP contribution in [0.3, 0.4) is 0 Å². The molecule has 1 amide bonds. The molecule has 6 heteroatoms. The lowest BCUT2D eigenvalue weighted by molar-refractivity contribution is -0.117. The van der Waals surface area contributed by atoms with Gasteiger partial charge in [-0.15, -0.1) is 0 Å². The minimum absolute atomic E-state index is 0.0159. The van der Waals surface area contributed by atoms with Gasteiger partial charge in [0.25, 0.3) is 0 Å². The van der Waals surface area contributed by atoms with Crippen molar-refractivity contribution in [3.63, 3.8) is 0 Å². The fourth-order valence-electron chi connectivity index (χ4n) is 4.80. The molecule has 0 bridgehead atoms. The maximum atomic E-state index is 12.9. The Morgan fingerprint density at radius 1 is 0.971 bits per heavy atom. The first-order chi connectivity index (χ1) is 16.5. The topological polar surface area (TPSA) is 56.6 Å². The largest absolute Gasteiger partial charge is 0.497 e. The summed E-state index contributed by atoms with van der Waals surface area (Å²) in [6.07, 6.45) is 0.438. The van der Waals surface area contributed by atoms with Gasteiger partial charge in [0, 0.05) is 24.6 Å². The number of nitrogens with zero attached hydrogens (tertiary/aromatic N) is 3. The van der Waals surface area contributed by atoms with Crippen LogP contribution in [-0.2, 0) is 11.3 Å². The normalized spacial score (nSPS) is 15.8. The third-order valence-electron chi connectivity index (χ3n) is 6.53. The van der Waals surface area contributed by atoms with Gasteiger partial charge < -0.3 is 18.9 Å². The molecule has 1 aliphatic rings. The third-order valence-corrected chi connectivity index (χ3v) is 6.53. The number of fused-ring (bicyclic) bond motifs is 1. The van der Waals surface area contributed by atoms with Crippen molar-refractivity contribution >= 4 is 22.6 Å². The van der Waals surface area contributed by atoms with Crippen LogP contribution in [-0.4, -0.2) is 35.7 Å². The SMILES string of the molecule is COc1ccc(N2CC(c3nc4ccccc4n3CCOc3c(C)cccc3C)CC2=O)cc1. The molecule has 4 aromatic rings. The van der Waals surface area contributed by atoms with Crippen LogP contribution in [0.4, 0.5) is 5.69 Å². The van der Waals surface area contributed by atoms with Crippen molar-refractivity contribution in [2.75, 3.05) is 25.2 Å². The van der Waals surface area contributed by atoms with E-state index in [9.17, 15) is 4.79 Å². The Balaban J connectivity index is 1.40. The summed E-state index contributed by atoms with van der Waals surface area (Å²) < 4.78 is 13.7. The molecule has 34 heavy (non-hydrogen) atoms. The van der Waals surface area contributed by atoms with Gasteiger partial charge in [-0.1, -0.05) is 30.3 Å². The molecule has 0 aliphatic carbocycles. The van der Waals surface area contributed by atoms with Crippen molar-refractivity contribution in [2.24, 2.45) is 0 Å². The van der Waals surface area contributed by atoms with Gasteiger partial charge in [0.05, 0.1) is 24.7 Å². The van der Waals surface area contributed by atoms with Crippen LogP contribution in [0.15, 0.2) is 66.7 Å². The predicted octanol–water partition coefficient (Wildman–Crippen LogP) is 5.26. The first-order valence-electron chi connectivity index (χ1n) is 11.6. The maximum Gasteiger partial charge on any atom is 0.227 e. The number of carbonyl (C=O) groups is 1. The number of para-hydroxylation sites is 3. The number of aryl methyl sites for hydroxylation is 2. The van der Waals surface area contributed by atoms with E-state index in [1.54, 1.807) is 7.11 Å². The second kappa shape index (κ2) is 9.21. The molecule has 0 radical (unpaired) electrons. The number of amides is 1. The van der Waals surface area contributed by atoms with Gasteiger partial charge in [-0.25, -0.2) is 4.98 Å². The van der Waals surface area contributed by atoms with Crippen molar-refractivity contribution in [1.82, 2.24) is 9.55 Å². The number of methoxy groups -OCH3 is 1. The first kappa shape index (κ1) is 22.0. The summed E-state index contributed by atoms with van der Waals surface area (Å²) in [7, 11) is 1.64. The van der Waals surface area contributed by atoms with Gasteiger partial charge in [0.15, 0.2) is 0 Å². The fraction of sp³-hybridized carbons (Fsp3) is 0.286. The van der Waals surface area contributed by atoms with Crippen molar-refractivity contribution in [2.45, 2.75) is 32.7 Å². The van der Waals surface area contributed by atoms with Crippen LogP contribution in [0.25, 0.3) is 11.0 Å². The number of hydrogen-bond acceptors (Lipinski definition) is 4. The molecule has 1 atom stereocenters. The molecule has 0 saturated carbocycles. The van der Waals surface area contributed by atoms with Crippen LogP contribution in [0.5, 0.6) is 11.5 Å². The lowest BCUT2D eigenvalue weighted by atomic mass is 10.1. The lowest BCUT2D eigenvalue weighted by Crippen LogP contribution is -2.24. The molecule has 1 fully saturated rings. The Kier molecular flexibility index (Phi) is 5.97. The van der Waals surface area contributed by atoms with E-state index in [0.717, 1.165) is 45.2 Å². The molecule has 1 unspecified atom stereocenters. The monoisotopic (exact) mass is 455 g/mol. The molecule has 0 N–H and O–H groups in total. The second-order valence-corrected chi connectivity index (χ2v) is 8.78. The number of benzene rings is 3. The van der Waals surface area contributed by atoms with E-state index in [-0.39, 0.29) is 11.8 Å². The van der Waals surface area contributed by atoms with Crippen LogP contribution < -0.4 is 14.4 Å². The van der Waals surface area contributed by atoms with Crippen LogP contribution in [0, 0.1) is 13.8 Å².